The highest BCUT2D eigenvalue weighted by molar-refractivity contribution is 7.20. The summed E-state index contributed by atoms with van der Waals surface area (Å²) < 4.78 is 7.68. The SMILES string of the molecule is C[N+]12CCC(OC(=O)Nc3cc(Cl)sc3-c3ccccc3)(CC1)CC2.[Br-]. The van der Waals surface area contributed by atoms with Gasteiger partial charge in [-0.1, -0.05) is 41.9 Å². The zero-order valence-electron chi connectivity index (χ0n) is 14.6. The van der Waals surface area contributed by atoms with Crippen molar-refractivity contribution >= 4 is 34.7 Å². The summed E-state index contributed by atoms with van der Waals surface area (Å²) in [6.07, 6.45) is 2.48. The molecule has 2 aromatic rings. The van der Waals surface area contributed by atoms with Gasteiger partial charge in [-0.2, -0.15) is 0 Å². The average molecular weight is 458 g/mol. The van der Waals surface area contributed by atoms with E-state index in [0.29, 0.717) is 4.34 Å². The first-order valence-electron chi connectivity index (χ1n) is 8.65. The Hall–Kier alpha value is -1.08. The number of carbonyl (C=O) groups excluding carboxylic acids is 1. The number of quaternary nitrogens is 1. The number of anilines is 1. The third-order valence-corrected chi connectivity index (χ3v) is 6.92. The normalized spacial score (nSPS) is 26.8. The highest BCUT2D eigenvalue weighted by Gasteiger charge is 2.49. The highest BCUT2D eigenvalue weighted by Crippen LogP contribution is 2.41. The molecule has 3 aliphatic rings. The van der Waals surface area contributed by atoms with E-state index in [9.17, 15) is 4.79 Å². The monoisotopic (exact) mass is 456 g/mol. The lowest BCUT2D eigenvalue weighted by atomic mass is 9.81. The van der Waals surface area contributed by atoms with Crippen molar-refractivity contribution in [3.63, 3.8) is 0 Å². The summed E-state index contributed by atoms with van der Waals surface area (Å²) in [7, 11) is 2.29. The second kappa shape index (κ2) is 7.50. The second-order valence-corrected chi connectivity index (χ2v) is 9.08. The Labute approximate surface area is 173 Å². The van der Waals surface area contributed by atoms with E-state index in [0.717, 1.165) is 59.5 Å². The molecule has 26 heavy (non-hydrogen) atoms. The van der Waals surface area contributed by atoms with Crippen LogP contribution in [0.15, 0.2) is 36.4 Å². The molecule has 0 radical (unpaired) electrons. The molecule has 3 fully saturated rings. The number of thiophene rings is 1. The van der Waals surface area contributed by atoms with E-state index in [1.165, 1.54) is 11.3 Å². The van der Waals surface area contributed by atoms with Gasteiger partial charge in [0.05, 0.1) is 41.6 Å². The van der Waals surface area contributed by atoms with E-state index in [-0.39, 0.29) is 28.7 Å². The molecule has 4 heterocycles. The van der Waals surface area contributed by atoms with Crippen LogP contribution < -0.4 is 22.3 Å². The summed E-state index contributed by atoms with van der Waals surface area (Å²) in [5, 5.41) is 2.92. The minimum Gasteiger partial charge on any atom is -1.00 e. The number of hydrogen-bond donors (Lipinski definition) is 1. The summed E-state index contributed by atoms with van der Waals surface area (Å²) >= 11 is 7.65. The fourth-order valence-electron chi connectivity index (χ4n) is 3.87. The minimum atomic E-state index is -0.371. The first-order valence-corrected chi connectivity index (χ1v) is 9.85. The van der Waals surface area contributed by atoms with Crippen molar-refractivity contribution in [2.75, 3.05) is 32.0 Å². The van der Waals surface area contributed by atoms with Crippen LogP contribution in [0.25, 0.3) is 10.4 Å². The van der Waals surface area contributed by atoms with Crippen molar-refractivity contribution in [3.05, 3.63) is 40.7 Å². The van der Waals surface area contributed by atoms with Crippen LogP contribution >= 0.6 is 22.9 Å². The van der Waals surface area contributed by atoms with Crippen LogP contribution in [0.5, 0.6) is 0 Å². The minimum absolute atomic E-state index is 0. The number of fused-ring (bicyclic) bond motifs is 3. The summed E-state index contributed by atoms with van der Waals surface area (Å²) in [5.74, 6) is 0. The first-order chi connectivity index (χ1) is 12.0. The van der Waals surface area contributed by atoms with Gasteiger partial charge in [0, 0.05) is 19.3 Å². The molecule has 3 aliphatic heterocycles. The maximum atomic E-state index is 12.6. The third kappa shape index (κ3) is 3.93. The number of piperidine rings is 3. The summed E-state index contributed by atoms with van der Waals surface area (Å²) in [4.78, 5) is 13.5. The molecule has 1 N–H and O–H groups in total. The van der Waals surface area contributed by atoms with Crippen LogP contribution in [0.2, 0.25) is 4.34 Å². The van der Waals surface area contributed by atoms with E-state index in [1.54, 1.807) is 6.07 Å². The van der Waals surface area contributed by atoms with Crippen molar-refractivity contribution in [2.45, 2.75) is 24.9 Å². The Bertz CT molecular complexity index is 772. The number of halogens is 2. The molecular formula is C19H22BrClN2O2S. The smallest absolute Gasteiger partial charge is 0.412 e. The van der Waals surface area contributed by atoms with Gasteiger partial charge in [-0.05, 0) is 11.6 Å². The van der Waals surface area contributed by atoms with Crippen molar-refractivity contribution in [1.29, 1.82) is 0 Å². The van der Waals surface area contributed by atoms with Gasteiger partial charge in [0.25, 0.3) is 0 Å². The van der Waals surface area contributed by atoms with Crippen LogP contribution in [-0.4, -0.2) is 42.9 Å². The van der Waals surface area contributed by atoms with Crippen LogP contribution in [0.4, 0.5) is 10.5 Å². The lowest BCUT2D eigenvalue weighted by Crippen LogP contribution is -3.00. The van der Waals surface area contributed by atoms with E-state index in [4.69, 9.17) is 16.3 Å². The number of benzene rings is 1. The summed E-state index contributed by atoms with van der Waals surface area (Å²) in [6, 6.07) is 11.7. The number of carbonyl (C=O) groups is 1. The Morgan fingerprint density at radius 2 is 1.81 bits per heavy atom. The number of ether oxygens (including phenoxy) is 1. The molecule has 7 heteroatoms. The van der Waals surface area contributed by atoms with Crippen LogP contribution in [-0.2, 0) is 4.74 Å². The first kappa shape index (κ1) is 19.7. The van der Waals surface area contributed by atoms with E-state index >= 15 is 0 Å². The number of amides is 1. The molecule has 2 bridgehead atoms. The molecule has 1 amide bonds. The lowest BCUT2D eigenvalue weighted by Gasteiger charge is -2.51. The summed E-state index contributed by atoms with van der Waals surface area (Å²) in [6.45, 7) is 3.27. The molecule has 0 atom stereocenters. The third-order valence-electron chi connectivity index (χ3n) is 5.61. The number of hydrogen-bond acceptors (Lipinski definition) is 3. The molecule has 0 aliphatic carbocycles. The molecule has 0 spiro atoms. The van der Waals surface area contributed by atoms with Gasteiger partial charge in [0.1, 0.15) is 5.60 Å². The van der Waals surface area contributed by atoms with Gasteiger partial charge < -0.3 is 26.2 Å². The fourth-order valence-corrected chi connectivity index (χ4v) is 5.06. The van der Waals surface area contributed by atoms with Gasteiger partial charge in [-0.25, -0.2) is 4.79 Å². The lowest BCUT2D eigenvalue weighted by molar-refractivity contribution is -0.926. The molecule has 0 unspecified atom stereocenters. The Kier molecular flexibility index (Phi) is 5.68. The molecule has 1 aromatic heterocycles. The molecule has 3 saturated heterocycles. The molecule has 1 aromatic carbocycles. The van der Waals surface area contributed by atoms with Crippen molar-refractivity contribution in [3.8, 4) is 10.4 Å². The van der Waals surface area contributed by atoms with E-state index < -0.39 is 0 Å². The largest absolute Gasteiger partial charge is 1.00 e. The Morgan fingerprint density at radius 1 is 1.19 bits per heavy atom. The van der Waals surface area contributed by atoms with Gasteiger partial charge >= 0.3 is 6.09 Å². The number of nitrogens with zero attached hydrogens (tertiary/aromatic N) is 1. The predicted octanol–water partition coefficient (Wildman–Crippen LogP) is 2.00. The topological polar surface area (TPSA) is 38.3 Å². The molecule has 140 valence electrons. The molecule has 4 nitrogen and oxygen atoms in total. The maximum Gasteiger partial charge on any atom is 0.412 e. The van der Waals surface area contributed by atoms with Crippen molar-refractivity contribution < 1.29 is 31.0 Å². The quantitative estimate of drug-likeness (QED) is 0.716. The number of rotatable bonds is 3. The van der Waals surface area contributed by atoms with E-state index in [2.05, 4.69) is 12.4 Å². The number of nitrogens with one attached hydrogen (secondary N) is 1. The maximum absolute atomic E-state index is 12.6. The highest BCUT2D eigenvalue weighted by atomic mass is 79.9. The standard InChI is InChI=1S/C19H21ClN2O2S.BrH/c1-22-10-7-19(8-11-22,9-12-22)24-18(23)21-15-13-16(20)25-17(15)14-5-3-2-4-6-14;/h2-6,13H,7-12H2,1H3;1H. The zero-order valence-corrected chi connectivity index (χ0v) is 17.8. The van der Waals surface area contributed by atoms with Gasteiger partial charge in [0.2, 0.25) is 0 Å². The zero-order chi connectivity index (χ0) is 17.5. The molecular weight excluding hydrogens is 436 g/mol. The van der Waals surface area contributed by atoms with Gasteiger partial charge in [-0.15, -0.1) is 11.3 Å². The van der Waals surface area contributed by atoms with Crippen LogP contribution in [0.3, 0.4) is 0 Å². The second-order valence-electron chi connectivity index (χ2n) is 7.40. The Balaban J connectivity index is 0.00000196. The molecule has 0 saturated carbocycles. The fraction of sp³-hybridized carbons (Fsp3) is 0.421. The molecule has 5 rings (SSSR count). The van der Waals surface area contributed by atoms with Gasteiger partial charge in [0.15, 0.2) is 0 Å². The van der Waals surface area contributed by atoms with Crippen molar-refractivity contribution in [2.24, 2.45) is 0 Å². The predicted molar refractivity (Wildman–Crippen MR) is 102 cm³/mol. The average Bonchev–Trinajstić information content (AvgIpc) is 2.97. The van der Waals surface area contributed by atoms with Crippen LogP contribution in [0, 0.1) is 0 Å². The summed E-state index contributed by atoms with van der Waals surface area (Å²) in [5.41, 5.74) is 1.47. The van der Waals surface area contributed by atoms with Crippen molar-refractivity contribution in [1.82, 2.24) is 0 Å². The van der Waals surface area contributed by atoms with Crippen LogP contribution in [0.1, 0.15) is 19.3 Å². The van der Waals surface area contributed by atoms with Gasteiger partial charge in [-0.3, -0.25) is 5.32 Å². The van der Waals surface area contributed by atoms with E-state index in [1.807, 2.05) is 30.3 Å². The Morgan fingerprint density at radius 3 is 2.42 bits per heavy atom.